The van der Waals surface area contributed by atoms with Gasteiger partial charge in [0.2, 0.25) is 17.2 Å². The molecule has 4 rings (SSSR count). The number of aromatic nitrogens is 3. The number of nitro benzene ring substituents is 1. The van der Waals surface area contributed by atoms with Crippen molar-refractivity contribution in [1.29, 1.82) is 0 Å². The maximum absolute atomic E-state index is 11.3. The molecule has 14 heteroatoms. The van der Waals surface area contributed by atoms with Gasteiger partial charge in [0.05, 0.1) is 9.82 Å². The summed E-state index contributed by atoms with van der Waals surface area (Å²) in [5.74, 6) is -0.291. The van der Waals surface area contributed by atoms with Crippen LogP contribution in [0.3, 0.4) is 0 Å². The molecule has 0 saturated heterocycles. The number of aromatic hydroxyl groups is 1. The molecule has 33 heavy (non-hydrogen) atoms. The van der Waals surface area contributed by atoms with Crippen molar-refractivity contribution in [3.63, 3.8) is 0 Å². The molecule has 0 atom stereocenters. The van der Waals surface area contributed by atoms with Crippen molar-refractivity contribution in [2.45, 2.75) is 4.90 Å². The van der Waals surface area contributed by atoms with Crippen molar-refractivity contribution in [3.8, 4) is 5.75 Å². The van der Waals surface area contributed by atoms with Gasteiger partial charge in [0, 0.05) is 35.0 Å². The summed E-state index contributed by atoms with van der Waals surface area (Å²) >= 11 is 5.97. The lowest BCUT2D eigenvalue weighted by atomic mass is 10.1. The molecule has 0 aliphatic rings. The second kappa shape index (κ2) is 8.46. The van der Waals surface area contributed by atoms with Gasteiger partial charge in [-0.1, -0.05) is 12.1 Å². The van der Waals surface area contributed by atoms with Gasteiger partial charge in [-0.25, -0.2) is 0 Å². The highest BCUT2D eigenvalue weighted by atomic mass is 35.5. The zero-order valence-corrected chi connectivity index (χ0v) is 17.9. The normalized spacial score (nSPS) is 11.3. The van der Waals surface area contributed by atoms with E-state index in [1.165, 1.54) is 36.4 Å². The Morgan fingerprint density at radius 1 is 0.939 bits per heavy atom. The Balaban J connectivity index is 1.63. The monoisotopic (exact) mass is 488 g/mol. The minimum absolute atomic E-state index is 0.0272. The van der Waals surface area contributed by atoms with Crippen molar-refractivity contribution >= 4 is 61.5 Å². The largest absolute Gasteiger partial charge is 0.507 e. The molecule has 0 bridgehead atoms. The van der Waals surface area contributed by atoms with Crippen LogP contribution in [0, 0.1) is 10.1 Å². The summed E-state index contributed by atoms with van der Waals surface area (Å²) in [6.07, 6.45) is 0. The molecule has 168 valence electrons. The number of anilines is 4. The van der Waals surface area contributed by atoms with E-state index in [1.54, 1.807) is 12.1 Å². The second-order valence-electron chi connectivity index (χ2n) is 6.66. The summed E-state index contributed by atoms with van der Waals surface area (Å²) in [7, 11) is -4.48. The first-order chi connectivity index (χ1) is 15.6. The molecule has 0 aliphatic heterocycles. The number of benzene rings is 3. The van der Waals surface area contributed by atoms with Crippen LogP contribution in [0.15, 0.2) is 59.5 Å². The van der Waals surface area contributed by atoms with Crippen LogP contribution >= 0.6 is 11.6 Å². The number of halogens is 1. The minimum Gasteiger partial charge on any atom is -0.507 e. The van der Waals surface area contributed by atoms with Gasteiger partial charge in [-0.2, -0.15) is 23.4 Å². The average molecular weight is 489 g/mol. The van der Waals surface area contributed by atoms with E-state index < -0.39 is 19.9 Å². The average Bonchev–Trinajstić information content (AvgIpc) is 2.73. The minimum atomic E-state index is -4.48. The lowest BCUT2D eigenvalue weighted by Crippen LogP contribution is -2.04. The summed E-state index contributed by atoms with van der Waals surface area (Å²) in [5, 5.41) is 27.4. The van der Waals surface area contributed by atoms with E-state index >= 15 is 0 Å². The maximum atomic E-state index is 11.3. The van der Waals surface area contributed by atoms with Gasteiger partial charge in [0.15, 0.2) is 0 Å². The highest BCUT2D eigenvalue weighted by molar-refractivity contribution is 7.85. The molecule has 0 spiro atoms. The molecular formula is C19H13ClN6O6S. The van der Waals surface area contributed by atoms with Crippen molar-refractivity contribution in [2.75, 3.05) is 10.6 Å². The molecule has 1 heterocycles. The Kier molecular flexibility index (Phi) is 5.68. The third-order valence-corrected chi connectivity index (χ3v) is 5.38. The van der Waals surface area contributed by atoms with Crippen molar-refractivity contribution in [2.24, 2.45) is 0 Å². The lowest BCUT2D eigenvalue weighted by Gasteiger charge is -2.10. The predicted octanol–water partition coefficient (Wildman–Crippen LogP) is 4.03. The number of non-ortho nitro benzene ring substituents is 1. The molecule has 0 unspecified atom stereocenters. The smallest absolute Gasteiger partial charge is 0.294 e. The van der Waals surface area contributed by atoms with Gasteiger partial charge in [-0.05, 0) is 41.3 Å². The van der Waals surface area contributed by atoms with Crippen molar-refractivity contribution < 1.29 is 23.0 Å². The Hall–Kier alpha value is -4.07. The number of phenols is 1. The molecular weight excluding hydrogens is 476 g/mol. The van der Waals surface area contributed by atoms with Crippen LogP contribution < -0.4 is 10.6 Å². The molecule has 0 amide bonds. The van der Waals surface area contributed by atoms with Gasteiger partial charge in [0.1, 0.15) is 5.75 Å². The van der Waals surface area contributed by atoms with Crippen LogP contribution in [-0.4, -0.2) is 38.0 Å². The first-order valence-electron chi connectivity index (χ1n) is 9.03. The number of nitrogens with one attached hydrogen (secondary N) is 2. The number of rotatable bonds is 6. The Labute approximate surface area is 190 Å². The molecule has 12 nitrogen and oxygen atoms in total. The number of fused-ring (bicyclic) bond motifs is 1. The van der Waals surface area contributed by atoms with E-state index in [-0.39, 0.29) is 28.6 Å². The van der Waals surface area contributed by atoms with Gasteiger partial charge in [-0.15, -0.1) is 0 Å². The number of hydrogen-bond donors (Lipinski definition) is 4. The molecule has 1 aromatic heterocycles. The quantitative estimate of drug-likeness (QED) is 0.175. The van der Waals surface area contributed by atoms with Crippen molar-refractivity contribution in [3.05, 3.63) is 70.0 Å². The van der Waals surface area contributed by atoms with E-state index in [9.17, 15) is 28.2 Å². The summed E-state index contributed by atoms with van der Waals surface area (Å²) in [6, 6.07) is 12.5. The van der Waals surface area contributed by atoms with Crippen LogP contribution in [0.25, 0.3) is 10.8 Å². The van der Waals surface area contributed by atoms with Crippen LogP contribution in [0.2, 0.25) is 5.28 Å². The molecule has 4 aromatic rings. The molecule has 0 aliphatic carbocycles. The van der Waals surface area contributed by atoms with Gasteiger partial charge in [0.25, 0.3) is 15.8 Å². The predicted molar refractivity (Wildman–Crippen MR) is 120 cm³/mol. The summed E-state index contributed by atoms with van der Waals surface area (Å²) < 4.78 is 31.9. The molecule has 0 radical (unpaired) electrons. The summed E-state index contributed by atoms with van der Waals surface area (Å²) in [6.45, 7) is 0. The highest BCUT2D eigenvalue weighted by Crippen LogP contribution is 2.31. The Morgan fingerprint density at radius 2 is 1.61 bits per heavy atom. The van der Waals surface area contributed by atoms with E-state index in [0.717, 1.165) is 6.07 Å². The fraction of sp³-hybridized carbons (Fsp3) is 0. The first kappa shape index (κ1) is 22.1. The van der Waals surface area contributed by atoms with Crippen LogP contribution in [-0.2, 0) is 10.1 Å². The third kappa shape index (κ3) is 5.06. The Morgan fingerprint density at radius 3 is 2.24 bits per heavy atom. The zero-order chi connectivity index (χ0) is 23.8. The topological polar surface area (TPSA) is 180 Å². The van der Waals surface area contributed by atoms with E-state index in [0.29, 0.717) is 22.1 Å². The fourth-order valence-electron chi connectivity index (χ4n) is 2.96. The molecule has 3 aromatic carbocycles. The Bertz CT molecular complexity index is 1510. The number of nitro groups is 1. The standard InChI is InChI=1S/C19H13ClN6O6S/c20-17-23-18(21-11-2-1-3-13(7-11)26(28)29)25-19(24-17)22-12-5-4-10-6-14(33(30,31)32)9-16(27)15(10)8-12/h1-9,27H,(H,30,31,32)(H2,21,22,23,24,25). The zero-order valence-electron chi connectivity index (χ0n) is 16.3. The first-order valence-corrected chi connectivity index (χ1v) is 10.8. The number of phenolic OH excluding ortho intramolecular Hbond substituents is 1. The molecule has 0 saturated carbocycles. The fourth-order valence-corrected chi connectivity index (χ4v) is 3.65. The number of nitrogens with zero attached hydrogens (tertiary/aromatic N) is 4. The highest BCUT2D eigenvalue weighted by Gasteiger charge is 2.14. The van der Waals surface area contributed by atoms with E-state index in [1.807, 2.05) is 0 Å². The van der Waals surface area contributed by atoms with Crippen LogP contribution in [0.4, 0.5) is 29.0 Å². The van der Waals surface area contributed by atoms with Crippen LogP contribution in [0.5, 0.6) is 5.75 Å². The van der Waals surface area contributed by atoms with E-state index in [2.05, 4.69) is 25.6 Å². The second-order valence-corrected chi connectivity index (χ2v) is 8.42. The van der Waals surface area contributed by atoms with Crippen LogP contribution in [0.1, 0.15) is 0 Å². The number of hydrogen-bond acceptors (Lipinski definition) is 10. The van der Waals surface area contributed by atoms with Gasteiger partial charge < -0.3 is 15.7 Å². The molecule has 0 fully saturated rings. The van der Waals surface area contributed by atoms with E-state index in [4.69, 9.17) is 11.6 Å². The summed E-state index contributed by atoms with van der Waals surface area (Å²) in [5.41, 5.74) is 0.676. The lowest BCUT2D eigenvalue weighted by molar-refractivity contribution is -0.384. The molecule has 4 N–H and O–H groups in total. The van der Waals surface area contributed by atoms with Crippen molar-refractivity contribution in [1.82, 2.24) is 15.0 Å². The third-order valence-electron chi connectivity index (χ3n) is 4.38. The maximum Gasteiger partial charge on any atom is 0.294 e. The SMILES string of the molecule is O=[N+]([O-])c1cccc(Nc2nc(Cl)nc(Nc3ccc4cc(S(=O)(=O)O)cc(O)c4c3)n2)c1. The summed E-state index contributed by atoms with van der Waals surface area (Å²) in [4.78, 5) is 22.1. The van der Waals surface area contributed by atoms with Gasteiger partial charge >= 0.3 is 0 Å². The van der Waals surface area contributed by atoms with Gasteiger partial charge in [-0.3, -0.25) is 14.7 Å².